The molecule has 0 amide bonds. The molecule has 0 fully saturated rings. The molecule has 0 atom stereocenters. The minimum absolute atomic E-state index is 0.317. The molecule has 0 aliphatic rings. The second kappa shape index (κ2) is 19.2. The highest BCUT2D eigenvalue weighted by atomic mass is 15.1. The largest absolute Gasteiger partial charge is 0.309 e. The minimum Gasteiger partial charge on any atom is -0.309 e. The Labute approximate surface area is 492 Å². The van der Waals surface area contributed by atoms with Crippen LogP contribution < -0.4 is 0 Å². The summed E-state index contributed by atoms with van der Waals surface area (Å²) in [5, 5.41) is 31.3. The molecule has 9 nitrogen and oxygen atoms in total. The molecule has 0 aliphatic heterocycles. The van der Waals surface area contributed by atoms with Crippen LogP contribution in [0.2, 0.25) is 0 Å². The van der Waals surface area contributed by atoms with Gasteiger partial charge in [0.2, 0.25) is 0 Å². The van der Waals surface area contributed by atoms with Gasteiger partial charge in [0, 0.05) is 65.6 Å². The fourth-order valence-corrected chi connectivity index (χ4v) is 13.6. The lowest BCUT2D eigenvalue weighted by Gasteiger charge is -2.20. The van der Waals surface area contributed by atoms with Crippen molar-refractivity contribution in [2.24, 2.45) is 0 Å². The third kappa shape index (κ3) is 7.13. The van der Waals surface area contributed by atoms with Crippen LogP contribution in [0.1, 0.15) is 11.1 Å². The van der Waals surface area contributed by atoms with E-state index in [1.165, 1.54) is 0 Å². The molecular formula is C77H45N9. The Morgan fingerprint density at radius 2 is 0.663 bits per heavy atom. The van der Waals surface area contributed by atoms with E-state index in [0.717, 1.165) is 127 Å². The van der Waals surface area contributed by atoms with Gasteiger partial charge in [0.15, 0.2) is 17.5 Å². The molecule has 17 aromatic rings. The molecule has 5 heterocycles. The van der Waals surface area contributed by atoms with Crippen LogP contribution in [-0.4, -0.2) is 33.2 Å². The molecular weight excluding hydrogens is 1050 g/mol. The van der Waals surface area contributed by atoms with Crippen molar-refractivity contribution in [3.8, 4) is 80.2 Å². The molecule has 12 aromatic carbocycles. The zero-order valence-electron chi connectivity index (χ0n) is 46.0. The fourth-order valence-electron chi connectivity index (χ4n) is 13.6. The number of rotatable bonds is 8. The summed E-state index contributed by atoms with van der Waals surface area (Å²) < 4.78 is 9.37. The minimum atomic E-state index is 0.317. The lowest BCUT2D eigenvalue weighted by atomic mass is 9.93. The summed E-state index contributed by atoms with van der Waals surface area (Å²) in [6.45, 7) is 0. The number of nitrogens with zero attached hydrogens (tertiary/aromatic N) is 9. The van der Waals surface area contributed by atoms with Crippen LogP contribution in [-0.2, 0) is 0 Å². The average Bonchev–Trinajstić information content (AvgIpc) is 1.60. The summed E-state index contributed by atoms with van der Waals surface area (Å²) in [7, 11) is 0. The highest BCUT2D eigenvalue weighted by Gasteiger charge is 2.29. The van der Waals surface area contributed by atoms with Gasteiger partial charge in [-0.05, 0) is 90.5 Å². The maximum Gasteiger partial charge on any atom is 0.167 e. The normalized spacial score (nSPS) is 11.7. The molecule has 0 N–H and O–H groups in total. The first-order valence-electron chi connectivity index (χ1n) is 28.7. The number of hydrogen-bond acceptors (Lipinski definition) is 5. The van der Waals surface area contributed by atoms with Gasteiger partial charge in [-0.15, -0.1) is 0 Å². The van der Waals surface area contributed by atoms with E-state index in [1.54, 1.807) is 0 Å². The summed E-state index contributed by atoms with van der Waals surface area (Å²) in [6, 6.07) is 99.3. The molecule has 0 radical (unpaired) electrons. The number of benzene rings is 12. The van der Waals surface area contributed by atoms with E-state index in [2.05, 4.69) is 237 Å². The quantitative estimate of drug-likeness (QED) is 0.151. The highest BCUT2D eigenvalue weighted by Crippen LogP contribution is 2.48. The lowest BCUT2D eigenvalue weighted by Crippen LogP contribution is -2.07. The van der Waals surface area contributed by atoms with Crippen LogP contribution in [0.25, 0.3) is 155 Å². The molecule has 0 aliphatic carbocycles. The molecule has 398 valence electrons. The maximum absolute atomic E-state index is 11.5. The van der Waals surface area contributed by atoms with Gasteiger partial charge < -0.3 is 18.3 Å². The van der Waals surface area contributed by atoms with Gasteiger partial charge in [-0.3, -0.25) is 0 Å². The van der Waals surface area contributed by atoms with Crippen molar-refractivity contribution in [1.82, 2.24) is 33.2 Å². The summed E-state index contributed by atoms with van der Waals surface area (Å²) in [6.07, 6.45) is 0. The molecule has 17 rings (SSSR count). The van der Waals surface area contributed by atoms with Crippen molar-refractivity contribution in [2.75, 3.05) is 0 Å². The molecule has 0 saturated heterocycles. The van der Waals surface area contributed by atoms with Gasteiger partial charge in [0.25, 0.3) is 0 Å². The van der Waals surface area contributed by atoms with Crippen molar-refractivity contribution in [1.29, 1.82) is 10.5 Å². The zero-order valence-corrected chi connectivity index (χ0v) is 46.0. The van der Waals surface area contributed by atoms with Crippen LogP contribution in [0, 0.1) is 22.7 Å². The average molecular weight is 1100 g/mol. The SMILES string of the molecule is N#Cc1ccccc1-c1cccc(-n2c3ccccc3c3c2ccc2c4ccccc4n(-c4ccccc4)c23)c1-c1nc(-c2ccccc2)nc(-c2c(C#N)cccc2-n2c3ccccc3c3c2ccc2c4ccccc4n(-c4ccccc4)c23)n1. The van der Waals surface area contributed by atoms with Gasteiger partial charge >= 0.3 is 0 Å². The maximum atomic E-state index is 11.5. The number of para-hydroxylation sites is 6. The first kappa shape index (κ1) is 48.5. The number of nitriles is 2. The van der Waals surface area contributed by atoms with E-state index in [4.69, 9.17) is 15.0 Å². The molecule has 0 saturated carbocycles. The van der Waals surface area contributed by atoms with E-state index >= 15 is 0 Å². The van der Waals surface area contributed by atoms with Gasteiger partial charge in [-0.25, -0.2) is 15.0 Å². The van der Waals surface area contributed by atoms with Crippen molar-refractivity contribution in [3.05, 3.63) is 284 Å². The summed E-state index contributed by atoms with van der Waals surface area (Å²) in [5.41, 5.74) is 16.3. The fraction of sp³-hybridized carbons (Fsp3) is 0. The Balaban J connectivity index is 0.986. The number of aromatic nitrogens is 7. The topological polar surface area (TPSA) is 106 Å². The summed E-state index contributed by atoms with van der Waals surface area (Å²) in [5.74, 6) is 1.11. The Hall–Kier alpha value is -12.2. The van der Waals surface area contributed by atoms with Crippen molar-refractivity contribution >= 4 is 87.2 Å². The van der Waals surface area contributed by atoms with E-state index in [-0.39, 0.29) is 0 Å². The Morgan fingerprint density at radius 1 is 0.267 bits per heavy atom. The smallest absolute Gasteiger partial charge is 0.167 e. The van der Waals surface area contributed by atoms with Gasteiger partial charge in [-0.2, -0.15) is 10.5 Å². The first-order valence-corrected chi connectivity index (χ1v) is 28.7. The van der Waals surface area contributed by atoms with E-state index in [1.807, 2.05) is 66.7 Å². The first-order chi connectivity index (χ1) is 42.6. The highest BCUT2D eigenvalue weighted by molar-refractivity contribution is 6.28. The van der Waals surface area contributed by atoms with Crippen LogP contribution >= 0.6 is 0 Å². The lowest BCUT2D eigenvalue weighted by molar-refractivity contribution is 1.06. The van der Waals surface area contributed by atoms with E-state index in [0.29, 0.717) is 39.7 Å². The van der Waals surface area contributed by atoms with Gasteiger partial charge in [-0.1, -0.05) is 188 Å². The third-order valence-corrected chi connectivity index (χ3v) is 17.1. The van der Waals surface area contributed by atoms with Crippen LogP contribution in [0.4, 0.5) is 0 Å². The molecule has 0 unspecified atom stereocenters. The van der Waals surface area contributed by atoms with Crippen molar-refractivity contribution in [2.45, 2.75) is 0 Å². The van der Waals surface area contributed by atoms with Crippen LogP contribution in [0.15, 0.2) is 273 Å². The Morgan fingerprint density at radius 3 is 1.20 bits per heavy atom. The molecule has 5 aromatic heterocycles. The zero-order chi connectivity index (χ0) is 57.0. The predicted octanol–water partition coefficient (Wildman–Crippen LogP) is 18.7. The van der Waals surface area contributed by atoms with Crippen LogP contribution in [0.3, 0.4) is 0 Å². The second-order valence-electron chi connectivity index (χ2n) is 21.6. The molecule has 0 bridgehead atoms. The van der Waals surface area contributed by atoms with Crippen molar-refractivity contribution < 1.29 is 0 Å². The monoisotopic (exact) mass is 1100 g/mol. The third-order valence-electron chi connectivity index (χ3n) is 17.1. The van der Waals surface area contributed by atoms with Crippen molar-refractivity contribution in [3.63, 3.8) is 0 Å². The van der Waals surface area contributed by atoms with Gasteiger partial charge in [0.1, 0.15) is 0 Å². The molecule has 9 heteroatoms. The van der Waals surface area contributed by atoms with E-state index in [9.17, 15) is 10.5 Å². The number of fused-ring (bicyclic) bond motifs is 14. The van der Waals surface area contributed by atoms with E-state index < -0.39 is 0 Å². The molecule has 0 spiro atoms. The predicted molar refractivity (Wildman–Crippen MR) is 348 cm³/mol. The second-order valence-corrected chi connectivity index (χ2v) is 21.6. The standard InChI is InChI=1S/C77H45N9/c78-46-49-24-10-11-30-53(49)56-35-21-41-66(86-64-39-19-15-34-60(64)71-68(86)45-43-58-55-32-13-17-37-62(55)84(74(58)71)52-28-8-3-9-29-52)72(56)77-81-75(48-22-4-1-5-23-48)80-76(82-77)69-50(47-79)25-20-40-65(69)85-63-38-18-14-33-59(63)70-67(85)44-42-57-54-31-12-16-36-61(54)83(73(57)70)51-26-6-2-7-27-51/h1-45H. The summed E-state index contributed by atoms with van der Waals surface area (Å²) >= 11 is 0. The Kier molecular flexibility index (Phi) is 10.8. The Bertz CT molecular complexity index is 5740. The van der Waals surface area contributed by atoms with Crippen LogP contribution in [0.5, 0.6) is 0 Å². The summed E-state index contributed by atoms with van der Waals surface area (Å²) in [4.78, 5) is 16.7. The number of hydrogen-bond donors (Lipinski definition) is 0. The van der Waals surface area contributed by atoms with Gasteiger partial charge in [0.05, 0.1) is 89.9 Å². The molecule has 86 heavy (non-hydrogen) atoms.